The zero-order valence-corrected chi connectivity index (χ0v) is 26.2. The summed E-state index contributed by atoms with van der Waals surface area (Å²) in [4.78, 5) is 26.7. The van der Waals surface area contributed by atoms with Gasteiger partial charge in [0.15, 0.2) is 5.82 Å². The summed E-state index contributed by atoms with van der Waals surface area (Å²) >= 11 is 0. The Bertz CT molecular complexity index is 1660. The van der Waals surface area contributed by atoms with E-state index < -0.39 is 5.97 Å². The van der Waals surface area contributed by atoms with E-state index in [1.54, 1.807) is 6.33 Å². The molecule has 3 aromatic carbocycles. The molecule has 2 aromatic heterocycles. The number of hydrazine groups is 1. The normalized spacial score (nSPS) is 11.2. The van der Waals surface area contributed by atoms with Gasteiger partial charge >= 0.3 is 5.97 Å². The van der Waals surface area contributed by atoms with Crippen molar-refractivity contribution >= 4 is 39.3 Å². The molecule has 0 unspecified atom stereocenters. The van der Waals surface area contributed by atoms with Gasteiger partial charge in [-0.15, -0.1) is 0 Å². The van der Waals surface area contributed by atoms with Crippen molar-refractivity contribution in [1.82, 2.24) is 25.3 Å². The average molecular weight is 622 g/mol. The standard InChI is InChI=1S/C36H43N7O3/c44-35(45)14-8-23-43(22-7-6-19-37-33-18-20-38-32-13-5-4-12-30(32)33)24-9-25-46-29-15-16-31-34(26-29)39-27-40-36(31)42-41-21-17-28-10-2-1-3-11-28/h1-5,10-13,15-16,18,20,26-27,41H,6-9,14,17,19,21-25H2,(H,37,38)(H,44,45)(H,39,40,42). The Hall–Kier alpha value is -4.80. The molecule has 0 aliphatic carbocycles. The van der Waals surface area contributed by atoms with Crippen molar-refractivity contribution < 1.29 is 14.6 Å². The molecule has 10 heteroatoms. The number of hydrogen-bond acceptors (Lipinski definition) is 9. The first-order valence-corrected chi connectivity index (χ1v) is 16.1. The molecule has 2 heterocycles. The third-order valence-electron chi connectivity index (χ3n) is 7.81. The zero-order chi connectivity index (χ0) is 31.8. The van der Waals surface area contributed by atoms with E-state index in [1.165, 1.54) is 5.56 Å². The highest BCUT2D eigenvalue weighted by Crippen LogP contribution is 2.24. The van der Waals surface area contributed by atoms with Gasteiger partial charge in [0.05, 0.1) is 17.6 Å². The fraction of sp³-hybridized carbons (Fsp3) is 0.333. The van der Waals surface area contributed by atoms with Crippen LogP contribution in [0.3, 0.4) is 0 Å². The van der Waals surface area contributed by atoms with Gasteiger partial charge in [0, 0.05) is 54.8 Å². The zero-order valence-electron chi connectivity index (χ0n) is 26.2. The van der Waals surface area contributed by atoms with Crippen molar-refractivity contribution in [2.24, 2.45) is 0 Å². The minimum atomic E-state index is -0.751. The van der Waals surface area contributed by atoms with Crippen LogP contribution < -0.4 is 20.9 Å². The highest BCUT2D eigenvalue weighted by molar-refractivity contribution is 5.91. The summed E-state index contributed by atoms with van der Waals surface area (Å²) in [7, 11) is 0. The van der Waals surface area contributed by atoms with Gasteiger partial charge in [-0.2, -0.15) is 0 Å². The molecule has 10 nitrogen and oxygen atoms in total. The van der Waals surface area contributed by atoms with Gasteiger partial charge < -0.3 is 25.5 Å². The number of unbranched alkanes of at least 4 members (excludes halogenated alkanes) is 1. The number of anilines is 2. The highest BCUT2D eigenvalue weighted by Gasteiger charge is 2.09. The number of nitrogens with one attached hydrogen (secondary N) is 3. The molecule has 0 fully saturated rings. The Labute approximate surface area is 270 Å². The van der Waals surface area contributed by atoms with E-state index in [1.807, 2.05) is 66.9 Å². The third-order valence-corrected chi connectivity index (χ3v) is 7.81. The maximum atomic E-state index is 11.1. The molecule has 5 rings (SSSR count). The molecule has 0 radical (unpaired) electrons. The van der Waals surface area contributed by atoms with Gasteiger partial charge in [-0.3, -0.25) is 9.78 Å². The van der Waals surface area contributed by atoms with E-state index in [9.17, 15) is 4.79 Å². The summed E-state index contributed by atoms with van der Waals surface area (Å²) in [6.45, 7) is 4.73. The molecule has 0 saturated carbocycles. The lowest BCUT2D eigenvalue weighted by atomic mass is 10.2. The predicted molar refractivity (Wildman–Crippen MR) is 184 cm³/mol. The Balaban J connectivity index is 1.04. The topological polar surface area (TPSA) is 125 Å². The molecule has 0 aliphatic heterocycles. The molecule has 4 N–H and O–H groups in total. The van der Waals surface area contributed by atoms with Crippen molar-refractivity contribution in [3.05, 3.63) is 97.0 Å². The SMILES string of the molecule is O=C(O)CCCN(CCCCNc1ccnc2ccccc12)CCCOc1ccc2c(NNCCc3ccccc3)ncnc2c1. The molecule has 0 bridgehead atoms. The average Bonchev–Trinajstić information content (AvgIpc) is 3.08. The van der Waals surface area contributed by atoms with Crippen molar-refractivity contribution in [2.75, 3.05) is 50.1 Å². The smallest absolute Gasteiger partial charge is 0.303 e. The molecule has 5 aromatic rings. The van der Waals surface area contributed by atoms with Crippen LogP contribution in [0.2, 0.25) is 0 Å². The Kier molecular flexibility index (Phi) is 12.5. The maximum absolute atomic E-state index is 11.1. The lowest BCUT2D eigenvalue weighted by Crippen LogP contribution is -2.29. The lowest BCUT2D eigenvalue weighted by molar-refractivity contribution is -0.137. The molecule has 0 saturated heterocycles. The molecule has 46 heavy (non-hydrogen) atoms. The predicted octanol–water partition coefficient (Wildman–Crippen LogP) is 6.17. The van der Waals surface area contributed by atoms with Crippen LogP contribution >= 0.6 is 0 Å². The number of nitrogens with zero attached hydrogens (tertiary/aromatic N) is 4. The summed E-state index contributed by atoms with van der Waals surface area (Å²) in [6, 6.07) is 26.4. The summed E-state index contributed by atoms with van der Waals surface area (Å²) in [6.07, 6.45) is 8.00. The fourth-order valence-electron chi connectivity index (χ4n) is 5.42. The molecular weight excluding hydrogens is 578 g/mol. The Morgan fingerprint density at radius 1 is 0.783 bits per heavy atom. The van der Waals surface area contributed by atoms with Crippen LogP contribution in [0.1, 0.15) is 37.7 Å². The highest BCUT2D eigenvalue weighted by atomic mass is 16.5. The van der Waals surface area contributed by atoms with Crippen LogP contribution in [0.4, 0.5) is 11.5 Å². The first-order chi connectivity index (χ1) is 22.7. The number of ether oxygens (including phenoxy) is 1. The van der Waals surface area contributed by atoms with E-state index in [0.29, 0.717) is 13.0 Å². The number of aliphatic carboxylic acids is 1. The van der Waals surface area contributed by atoms with Gasteiger partial charge in [0.2, 0.25) is 0 Å². The quantitative estimate of drug-likeness (QED) is 0.0593. The number of hydrogen-bond donors (Lipinski definition) is 4. The van der Waals surface area contributed by atoms with Gasteiger partial charge in [0.1, 0.15) is 12.1 Å². The summed E-state index contributed by atoms with van der Waals surface area (Å²) in [5.41, 5.74) is 10.6. The Morgan fingerprint density at radius 3 is 2.50 bits per heavy atom. The van der Waals surface area contributed by atoms with E-state index in [0.717, 1.165) is 97.5 Å². The number of para-hydroxylation sites is 1. The second kappa shape index (κ2) is 17.6. The monoisotopic (exact) mass is 621 g/mol. The van der Waals surface area contributed by atoms with Crippen LogP contribution in [0.5, 0.6) is 5.75 Å². The molecule has 0 spiro atoms. The van der Waals surface area contributed by atoms with E-state index in [4.69, 9.17) is 9.84 Å². The second-order valence-corrected chi connectivity index (χ2v) is 11.2. The minimum absolute atomic E-state index is 0.183. The van der Waals surface area contributed by atoms with E-state index in [-0.39, 0.29) is 6.42 Å². The molecule has 240 valence electrons. The van der Waals surface area contributed by atoms with Crippen molar-refractivity contribution in [2.45, 2.75) is 38.5 Å². The van der Waals surface area contributed by atoms with Crippen LogP contribution in [0.15, 0.2) is 91.4 Å². The number of carboxylic acid groups (broad SMARTS) is 1. The largest absolute Gasteiger partial charge is 0.493 e. The Morgan fingerprint density at radius 2 is 1.61 bits per heavy atom. The van der Waals surface area contributed by atoms with E-state index in [2.05, 4.69) is 54.2 Å². The molecule has 0 amide bonds. The van der Waals surface area contributed by atoms with Gasteiger partial charge in [-0.05, 0) is 75.0 Å². The van der Waals surface area contributed by atoms with Crippen LogP contribution in [0.25, 0.3) is 21.8 Å². The number of fused-ring (bicyclic) bond motifs is 2. The fourth-order valence-corrected chi connectivity index (χ4v) is 5.42. The number of rotatable bonds is 20. The van der Waals surface area contributed by atoms with Crippen LogP contribution in [-0.4, -0.2) is 70.3 Å². The summed E-state index contributed by atoms with van der Waals surface area (Å²) < 4.78 is 6.09. The van der Waals surface area contributed by atoms with Gasteiger partial charge in [0.25, 0.3) is 0 Å². The van der Waals surface area contributed by atoms with Crippen LogP contribution in [0, 0.1) is 0 Å². The van der Waals surface area contributed by atoms with Gasteiger partial charge in [-0.25, -0.2) is 15.4 Å². The maximum Gasteiger partial charge on any atom is 0.303 e. The molecule has 0 atom stereocenters. The number of carboxylic acids is 1. The third kappa shape index (κ3) is 10.1. The van der Waals surface area contributed by atoms with Crippen molar-refractivity contribution in [3.63, 3.8) is 0 Å². The second-order valence-electron chi connectivity index (χ2n) is 11.2. The summed E-state index contributed by atoms with van der Waals surface area (Å²) in [5.74, 6) is 0.741. The van der Waals surface area contributed by atoms with Crippen molar-refractivity contribution in [3.8, 4) is 5.75 Å². The van der Waals surface area contributed by atoms with E-state index >= 15 is 0 Å². The lowest BCUT2D eigenvalue weighted by Gasteiger charge is -2.22. The van der Waals surface area contributed by atoms with Gasteiger partial charge in [-0.1, -0.05) is 48.5 Å². The number of benzene rings is 3. The number of pyridine rings is 1. The minimum Gasteiger partial charge on any atom is -0.493 e. The van der Waals surface area contributed by atoms with Crippen molar-refractivity contribution in [1.29, 1.82) is 0 Å². The number of aromatic nitrogens is 3. The first-order valence-electron chi connectivity index (χ1n) is 16.1. The summed E-state index contributed by atoms with van der Waals surface area (Å²) in [5, 5.41) is 14.7. The van der Waals surface area contributed by atoms with Crippen LogP contribution in [-0.2, 0) is 11.2 Å². The first kappa shape index (κ1) is 32.6. The number of carbonyl (C=O) groups is 1. The molecular formula is C36H43N7O3. The molecule has 0 aliphatic rings.